The Morgan fingerprint density at radius 1 is 1.00 bits per heavy atom. The third kappa shape index (κ3) is 3.32. The first-order valence-electron chi connectivity index (χ1n) is 10.0. The highest BCUT2D eigenvalue weighted by atomic mass is 19.4. The molecule has 0 N–H and O–H groups in total. The molecule has 4 heterocycles. The number of piperidine rings is 1. The minimum atomic E-state index is -4.39. The lowest BCUT2D eigenvalue weighted by Gasteiger charge is -2.34. The van der Waals surface area contributed by atoms with Gasteiger partial charge in [0.1, 0.15) is 18.0 Å². The highest BCUT2D eigenvalue weighted by molar-refractivity contribution is 5.50. The molecule has 3 aromatic rings. The van der Waals surface area contributed by atoms with Gasteiger partial charge in [-0.25, -0.2) is 9.97 Å². The minimum Gasteiger partial charge on any atom is -0.356 e. The predicted molar refractivity (Wildman–Crippen MR) is 101 cm³/mol. The first kappa shape index (κ1) is 18.3. The number of halogens is 3. The third-order valence-corrected chi connectivity index (χ3v) is 5.94. The van der Waals surface area contributed by atoms with Crippen molar-refractivity contribution in [2.24, 2.45) is 0 Å². The lowest BCUT2D eigenvalue weighted by Crippen LogP contribution is -2.36. The van der Waals surface area contributed by atoms with Crippen LogP contribution in [0.15, 0.2) is 24.7 Å². The largest absolute Gasteiger partial charge is 0.417 e. The summed E-state index contributed by atoms with van der Waals surface area (Å²) in [6.45, 7) is 1.55. The van der Waals surface area contributed by atoms with Crippen LogP contribution in [0.4, 0.5) is 19.0 Å². The van der Waals surface area contributed by atoms with E-state index in [1.165, 1.54) is 16.0 Å². The summed E-state index contributed by atoms with van der Waals surface area (Å²) >= 11 is 0. The van der Waals surface area contributed by atoms with Crippen LogP contribution >= 0.6 is 0 Å². The normalized spacial score (nSPS) is 20.1. The Morgan fingerprint density at radius 2 is 1.86 bits per heavy atom. The van der Waals surface area contributed by atoms with Crippen molar-refractivity contribution in [2.45, 2.75) is 50.6 Å². The number of aromatic nitrogens is 5. The molecule has 0 saturated carbocycles. The molecular weight excluding hydrogens is 381 g/mol. The summed E-state index contributed by atoms with van der Waals surface area (Å²) in [6, 6.07) is 2.43. The molecule has 0 bridgehead atoms. The maximum Gasteiger partial charge on any atom is 0.417 e. The van der Waals surface area contributed by atoms with Crippen LogP contribution in [-0.4, -0.2) is 37.7 Å². The van der Waals surface area contributed by atoms with Crippen LogP contribution in [0, 0.1) is 0 Å². The van der Waals surface area contributed by atoms with Crippen LogP contribution in [0.2, 0.25) is 0 Å². The number of rotatable bonds is 2. The zero-order valence-corrected chi connectivity index (χ0v) is 15.9. The lowest BCUT2D eigenvalue weighted by molar-refractivity contribution is -0.137. The van der Waals surface area contributed by atoms with Gasteiger partial charge in [-0.2, -0.15) is 13.2 Å². The van der Waals surface area contributed by atoms with Gasteiger partial charge in [0.15, 0.2) is 5.65 Å². The molecule has 0 aromatic carbocycles. The Balaban J connectivity index is 1.47. The van der Waals surface area contributed by atoms with Crippen molar-refractivity contribution in [3.8, 4) is 0 Å². The Hall–Kier alpha value is -2.71. The molecule has 6 nitrogen and oxygen atoms in total. The summed E-state index contributed by atoms with van der Waals surface area (Å²) in [7, 11) is 0. The van der Waals surface area contributed by atoms with Crippen molar-refractivity contribution >= 4 is 11.5 Å². The van der Waals surface area contributed by atoms with E-state index < -0.39 is 11.7 Å². The van der Waals surface area contributed by atoms with Crippen molar-refractivity contribution in [1.29, 1.82) is 0 Å². The number of pyridine rings is 1. The monoisotopic (exact) mass is 402 g/mol. The molecule has 1 saturated heterocycles. The fourth-order valence-corrected chi connectivity index (χ4v) is 4.51. The lowest BCUT2D eigenvalue weighted by atomic mass is 9.93. The predicted octanol–water partition coefficient (Wildman–Crippen LogP) is 3.80. The molecular formula is C20H21F3N6. The van der Waals surface area contributed by atoms with Gasteiger partial charge in [0, 0.05) is 36.5 Å². The fraction of sp³-hybridized carbons (Fsp3) is 0.500. The van der Waals surface area contributed by atoms with Crippen molar-refractivity contribution in [1.82, 2.24) is 24.6 Å². The van der Waals surface area contributed by atoms with Crippen LogP contribution in [0.3, 0.4) is 0 Å². The Kier molecular flexibility index (Phi) is 4.40. The highest BCUT2D eigenvalue weighted by Crippen LogP contribution is 2.34. The average molecular weight is 402 g/mol. The molecule has 5 rings (SSSR count). The maximum absolute atomic E-state index is 13.2. The quantitative estimate of drug-likeness (QED) is 0.653. The van der Waals surface area contributed by atoms with Gasteiger partial charge in [-0.05, 0) is 50.7 Å². The Bertz CT molecular complexity index is 1040. The standard InChI is InChI=1S/C20H21F3N6/c21-20(22,23)14-7-8-17-26-27-18(29(17)11-14)13-4-3-9-28(10-13)19-15-5-1-2-6-16(15)24-12-25-19/h7-8,11-13H,1-6,9-10H2. The van der Waals surface area contributed by atoms with Crippen molar-refractivity contribution in [2.75, 3.05) is 18.0 Å². The van der Waals surface area contributed by atoms with E-state index in [0.717, 1.165) is 68.8 Å². The van der Waals surface area contributed by atoms with Crippen LogP contribution < -0.4 is 4.90 Å². The molecule has 0 amide bonds. The molecule has 9 heteroatoms. The van der Waals surface area contributed by atoms with E-state index in [9.17, 15) is 13.2 Å². The molecule has 3 aromatic heterocycles. The van der Waals surface area contributed by atoms with Gasteiger partial charge in [0.2, 0.25) is 0 Å². The highest BCUT2D eigenvalue weighted by Gasteiger charge is 2.33. The van der Waals surface area contributed by atoms with Crippen molar-refractivity contribution < 1.29 is 13.2 Å². The second kappa shape index (κ2) is 6.96. The van der Waals surface area contributed by atoms with Gasteiger partial charge in [-0.3, -0.25) is 4.40 Å². The number of alkyl halides is 3. The zero-order chi connectivity index (χ0) is 20.0. The smallest absolute Gasteiger partial charge is 0.356 e. The number of anilines is 1. The van der Waals surface area contributed by atoms with Crippen molar-refractivity contribution in [3.05, 3.63) is 47.3 Å². The van der Waals surface area contributed by atoms with Crippen LogP contribution in [0.25, 0.3) is 5.65 Å². The number of aryl methyl sites for hydroxylation is 1. The van der Waals surface area contributed by atoms with Crippen molar-refractivity contribution in [3.63, 3.8) is 0 Å². The van der Waals surface area contributed by atoms with Crippen LogP contribution in [-0.2, 0) is 19.0 Å². The fourth-order valence-electron chi connectivity index (χ4n) is 4.51. The molecule has 2 aliphatic rings. The third-order valence-electron chi connectivity index (χ3n) is 5.94. The summed E-state index contributed by atoms with van der Waals surface area (Å²) in [5.41, 5.74) is 2.10. The first-order valence-corrected chi connectivity index (χ1v) is 10.0. The molecule has 0 radical (unpaired) electrons. The molecule has 152 valence electrons. The number of hydrogen-bond donors (Lipinski definition) is 0. The summed E-state index contributed by atoms with van der Waals surface area (Å²) in [5, 5.41) is 8.33. The second-order valence-electron chi connectivity index (χ2n) is 7.82. The summed E-state index contributed by atoms with van der Waals surface area (Å²) in [4.78, 5) is 11.3. The number of fused-ring (bicyclic) bond motifs is 2. The van der Waals surface area contributed by atoms with E-state index in [-0.39, 0.29) is 5.92 Å². The Morgan fingerprint density at radius 3 is 2.72 bits per heavy atom. The van der Waals surface area contributed by atoms with E-state index in [2.05, 4.69) is 25.1 Å². The zero-order valence-electron chi connectivity index (χ0n) is 15.9. The summed E-state index contributed by atoms with van der Waals surface area (Å²) in [6.07, 6.45) is 4.39. The molecule has 1 atom stereocenters. The number of hydrogen-bond acceptors (Lipinski definition) is 5. The second-order valence-corrected chi connectivity index (χ2v) is 7.82. The minimum absolute atomic E-state index is 0.00330. The molecule has 1 unspecified atom stereocenters. The topological polar surface area (TPSA) is 59.2 Å². The number of nitrogens with zero attached hydrogens (tertiary/aromatic N) is 6. The van der Waals surface area contributed by atoms with E-state index in [4.69, 9.17) is 0 Å². The van der Waals surface area contributed by atoms with Gasteiger partial charge in [-0.15, -0.1) is 10.2 Å². The van der Waals surface area contributed by atoms with Gasteiger partial charge < -0.3 is 4.90 Å². The first-order chi connectivity index (χ1) is 14.0. The van der Waals surface area contributed by atoms with Gasteiger partial charge in [0.25, 0.3) is 0 Å². The van der Waals surface area contributed by atoms with Crippen LogP contribution in [0.1, 0.15) is 54.2 Å². The molecule has 0 spiro atoms. The van der Waals surface area contributed by atoms with Gasteiger partial charge in [-0.1, -0.05) is 0 Å². The van der Waals surface area contributed by atoms with E-state index >= 15 is 0 Å². The SMILES string of the molecule is FC(F)(F)c1ccc2nnc(C3CCCN(c4ncnc5c4CCCC5)C3)n2c1. The molecule has 1 fully saturated rings. The molecule has 29 heavy (non-hydrogen) atoms. The Labute approximate surface area is 165 Å². The molecule has 1 aliphatic heterocycles. The summed E-state index contributed by atoms with van der Waals surface area (Å²) < 4.78 is 41.0. The molecule has 1 aliphatic carbocycles. The van der Waals surface area contributed by atoms with E-state index in [1.54, 1.807) is 6.33 Å². The van der Waals surface area contributed by atoms with E-state index in [0.29, 0.717) is 18.0 Å². The van der Waals surface area contributed by atoms with Gasteiger partial charge in [0.05, 0.1) is 5.56 Å². The average Bonchev–Trinajstić information content (AvgIpc) is 3.16. The summed E-state index contributed by atoms with van der Waals surface area (Å²) in [5.74, 6) is 1.55. The van der Waals surface area contributed by atoms with Crippen LogP contribution in [0.5, 0.6) is 0 Å². The van der Waals surface area contributed by atoms with E-state index in [1.807, 2.05) is 0 Å². The van der Waals surface area contributed by atoms with Gasteiger partial charge >= 0.3 is 6.18 Å². The maximum atomic E-state index is 13.2.